The molecule has 0 spiro atoms. The largest absolute Gasteiger partial charge is 0.381 e. The third kappa shape index (κ3) is 6.24. The first-order valence-corrected chi connectivity index (χ1v) is 8.60. The van der Waals surface area contributed by atoms with Crippen molar-refractivity contribution in [3.8, 4) is 0 Å². The molecule has 2 aliphatic rings. The minimum atomic E-state index is -0.370. The summed E-state index contributed by atoms with van der Waals surface area (Å²) in [6, 6.07) is 0.550. The van der Waals surface area contributed by atoms with Crippen LogP contribution in [0.2, 0.25) is 0 Å². The molecule has 1 aromatic rings. The Morgan fingerprint density at radius 2 is 1.96 bits per heavy atom. The molecule has 0 saturated carbocycles. The number of nitrogens with one attached hydrogen (secondary N) is 3. The lowest BCUT2D eigenvalue weighted by molar-refractivity contribution is -0.126. The molecule has 0 aromatic carbocycles. The van der Waals surface area contributed by atoms with E-state index in [-0.39, 0.29) is 54.9 Å². The number of aromatic amines is 2. The highest BCUT2D eigenvalue weighted by Crippen LogP contribution is 2.22. The SMILES string of the molecule is Cl.Cl.N[C@H]1CC[C@@H](C(=O)NCc2n[nH]c(=O)[nH]2)CN(C2CCOCC2)C1. The van der Waals surface area contributed by atoms with Crippen LogP contribution < -0.4 is 16.7 Å². The number of nitrogens with two attached hydrogens (primary N) is 1. The van der Waals surface area contributed by atoms with Gasteiger partial charge in [0.05, 0.1) is 12.5 Å². The molecule has 150 valence electrons. The van der Waals surface area contributed by atoms with Crippen LogP contribution in [0.15, 0.2) is 4.79 Å². The van der Waals surface area contributed by atoms with Crippen molar-refractivity contribution in [1.29, 1.82) is 0 Å². The van der Waals surface area contributed by atoms with E-state index in [1.165, 1.54) is 0 Å². The van der Waals surface area contributed by atoms with E-state index in [0.29, 0.717) is 11.9 Å². The van der Waals surface area contributed by atoms with Gasteiger partial charge in [-0.2, -0.15) is 5.10 Å². The van der Waals surface area contributed by atoms with Gasteiger partial charge in [-0.1, -0.05) is 0 Å². The Morgan fingerprint density at radius 1 is 1.23 bits per heavy atom. The highest BCUT2D eigenvalue weighted by molar-refractivity contribution is 5.85. The predicted molar refractivity (Wildman–Crippen MR) is 102 cm³/mol. The highest BCUT2D eigenvalue weighted by Gasteiger charge is 2.31. The number of halogens is 2. The summed E-state index contributed by atoms with van der Waals surface area (Å²) in [5.74, 6) is 0.331. The van der Waals surface area contributed by atoms with E-state index in [1.807, 2.05) is 0 Å². The van der Waals surface area contributed by atoms with Crippen molar-refractivity contribution in [2.24, 2.45) is 11.7 Å². The minimum Gasteiger partial charge on any atom is -0.381 e. The van der Waals surface area contributed by atoms with Crippen LogP contribution in [-0.2, 0) is 16.1 Å². The van der Waals surface area contributed by atoms with E-state index in [0.717, 1.165) is 52.0 Å². The Hall–Kier alpha value is -1.13. The van der Waals surface area contributed by atoms with Gasteiger partial charge >= 0.3 is 5.69 Å². The number of rotatable bonds is 4. The molecule has 0 radical (unpaired) electrons. The Bertz CT molecular complexity index is 604. The number of ether oxygens (including phenoxy) is 1. The number of nitrogens with zero attached hydrogens (tertiary/aromatic N) is 2. The second-order valence-corrected chi connectivity index (χ2v) is 6.67. The maximum atomic E-state index is 12.5. The quantitative estimate of drug-likeness (QED) is 0.542. The number of carbonyl (C=O) groups is 1. The Labute approximate surface area is 164 Å². The summed E-state index contributed by atoms with van der Waals surface area (Å²) in [7, 11) is 0. The van der Waals surface area contributed by atoms with E-state index in [9.17, 15) is 9.59 Å². The van der Waals surface area contributed by atoms with Gasteiger partial charge in [-0.3, -0.25) is 14.7 Å². The van der Waals surface area contributed by atoms with Crippen LogP contribution in [0.3, 0.4) is 0 Å². The summed E-state index contributed by atoms with van der Waals surface area (Å²) in [5.41, 5.74) is 5.83. The number of aromatic nitrogens is 3. The predicted octanol–water partition coefficient (Wildman–Crippen LogP) is -0.224. The zero-order valence-electron chi connectivity index (χ0n) is 14.6. The van der Waals surface area contributed by atoms with Gasteiger partial charge in [-0.15, -0.1) is 24.8 Å². The molecular formula is C15H28Cl2N6O3. The number of hydrogen-bond acceptors (Lipinski definition) is 6. The first-order valence-electron chi connectivity index (χ1n) is 8.60. The second-order valence-electron chi connectivity index (χ2n) is 6.67. The fourth-order valence-electron chi connectivity index (χ4n) is 3.52. The molecule has 26 heavy (non-hydrogen) atoms. The van der Waals surface area contributed by atoms with Crippen molar-refractivity contribution < 1.29 is 9.53 Å². The Balaban J connectivity index is 0.00000169. The average molecular weight is 411 g/mol. The number of hydrogen-bond donors (Lipinski definition) is 4. The van der Waals surface area contributed by atoms with Crippen molar-refractivity contribution in [1.82, 2.24) is 25.4 Å². The molecule has 0 aliphatic carbocycles. The van der Waals surface area contributed by atoms with Crippen LogP contribution in [0.4, 0.5) is 0 Å². The fourth-order valence-corrected chi connectivity index (χ4v) is 3.52. The van der Waals surface area contributed by atoms with Crippen molar-refractivity contribution in [2.45, 2.75) is 44.3 Å². The van der Waals surface area contributed by atoms with Gasteiger partial charge in [0.1, 0.15) is 5.82 Å². The smallest absolute Gasteiger partial charge is 0.340 e. The number of likely N-dealkylation sites (tertiary alicyclic amines) is 1. The molecule has 11 heteroatoms. The molecule has 2 aliphatic heterocycles. The zero-order valence-corrected chi connectivity index (χ0v) is 16.2. The zero-order chi connectivity index (χ0) is 16.9. The Kier molecular flexibility index (Phi) is 9.59. The molecule has 9 nitrogen and oxygen atoms in total. The monoisotopic (exact) mass is 410 g/mol. The lowest BCUT2D eigenvalue weighted by atomic mass is 10.0. The highest BCUT2D eigenvalue weighted by atomic mass is 35.5. The van der Waals surface area contributed by atoms with E-state index < -0.39 is 0 Å². The van der Waals surface area contributed by atoms with Crippen LogP contribution in [0.5, 0.6) is 0 Å². The third-order valence-corrected chi connectivity index (χ3v) is 4.87. The topological polar surface area (TPSA) is 129 Å². The van der Waals surface area contributed by atoms with Crippen LogP contribution in [0, 0.1) is 5.92 Å². The molecule has 2 atom stereocenters. The normalized spacial score (nSPS) is 24.8. The van der Waals surface area contributed by atoms with Crippen LogP contribution in [-0.4, -0.2) is 64.4 Å². The first-order chi connectivity index (χ1) is 11.6. The maximum Gasteiger partial charge on any atom is 0.340 e. The summed E-state index contributed by atoms with van der Waals surface area (Å²) in [4.78, 5) is 28.4. The number of amides is 1. The van der Waals surface area contributed by atoms with E-state index in [1.54, 1.807) is 0 Å². The number of H-pyrrole nitrogens is 2. The summed E-state index contributed by atoms with van der Waals surface area (Å²) < 4.78 is 5.44. The van der Waals surface area contributed by atoms with Gasteiger partial charge in [-0.05, 0) is 25.7 Å². The first kappa shape index (κ1) is 22.9. The standard InChI is InChI=1S/C15H26N6O3.2ClH/c16-11-2-1-10(8-21(9-11)12-3-5-24-6-4-12)14(22)17-7-13-18-15(23)20-19-13;;/h10-12H,1-9,16H2,(H,17,22)(H2,18,19,20,23);2*1H/t10-,11+;;/m1../s1. The molecule has 2 saturated heterocycles. The van der Waals surface area contributed by atoms with E-state index >= 15 is 0 Å². The molecule has 3 heterocycles. The Morgan fingerprint density at radius 3 is 2.62 bits per heavy atom. The summed E-state index contributed by atoms with van der Waals surface area (Å²) in [5, 5.41) is 8.95. The van der Waals surface area contributed by atoms with Crippen LogP contribution >= 0.6 is 24.8 Å². The van der Waals surface area contributed by atoms with Gasteiger partial charge in [0.15, 0.2) is 0 Å². The lowest BCUT2D eigenvalue weighted by Crippen LogP contribution is -2.47. The van der Waals surface area contributed by atoms with Gasteiger partial charge in [-0.25, -0.2) is 9.89 Å². The van der Waals surface area contributed by atoms with Gasteiger partial charge in [0.25, 0.3) is 0 Å². The van der Waals surface area contributed by atoms with Crippen LogP contribution in [0.1, 0.15) is 31.5 Å². The summed E-state index contributed by atoms with van der Waals surface area (Å²) in [6.07, 6.45) is 3.62. The molecular weight excluding hydrogens is 383 g/mol. The minimum absolute atomic E-state index is 0. The molecule has 2 fully saturated rings. The molecule has 1 aromatic heterocycles. The van der Waals surface area contributed by atoms with Crippen molar-refractivity contribution in [2.75, 3.05) is 26.3 Å². The average Bonchev–Trinajstić information content (AvgIpc) is 2.90. The summed E-state index contributed by atoms with van der Waals surface area (Å²) in [6.45, 7) is 3.33. The van der Waals surface area contributed by atoms with Crippen molar-refractivity contribution >= 4 is 30.7 Å². The summed E-state index contributed by atoms with van der Waals surface area (Å²) >= 11 is 0. The molecule has 1 amide bonds. The number of carbonyl (C=O) groups excluding carboxylic acids is 1. The molecule has 3 rings (SSSR count). The molecule has 0 bridgehead atoms. The van der Waals surface area contributed by atoms with Crippen LogP contribution in [0.25, 0.3) is 0 Å². The lowest BCUT2D eigenvalue weighted by Gasteiger charge is -2.35. The van der Waals surface area contributed by atoms with Gasteiger partial charge < -0.3 is 15.8 Å². The van der Waals surface area contributed by atoms with Crippen molar-refractivity contribution in [3.05, 3.63) is 16.3 Å². The third-order valence-electron chi connectivity index (χ3n) is 4.87. The fraction of sp³-hybridized carbons (Fsp3) is 0.800. The second kappa shape index (κ2) is 10.9. The van der Waals surface area contributed by atoms with Gasteiger partial charge in [0, 0.05) is 38.4 Å². The van der Waals surface area contributed by atoms with E-state index in [2.05, 4.69) is 25.4 Å². The molecule has 0 unspecified atom stereocenters. The van der Waals surface area contributed by atoms with Crippen molar-refractivity contribution in [3.63, 3.8) is 0 Å². The van der Waals surface area contributed by atoms with E-state index in [4.69, 9.17) is 10.5 Å². The molecule has 5 N–H and O–H groups in total. The maximum absolute atomic E-state index is 12.5. The van der Waals surface area contributed by atoms with Gasteiger partial charge in [0.2, 0.25) is 5.91 Å².